The van der Waals surface area contributed by atoms with Gasteiger partial charge >= 0.3 is 0 Å². The number of methoxy groups -OCH3 is 1. The summed E-state index contributed by atoms with van der Waals surface area (Å²) >= 11 is 0. The lowest BCUT2D eigenvalue weighted by Crippen LogP contribution is -2.43. The maximum atomic E-state index is 13.1. The number of amides is 2. The van der Waals surface area contributed by atoms with Crippen molar-refractivity contribution in [1.29, 1.82) is 5.26 Å². The molecule has 3 aromatic rings. The van der Waals surface area contributed by atoms with Gasteiger partial charge in [0.2, 0.25) is 0 Å². The summed E-state index contributed by atoms with van der Waals surface area (Å²) in [5.41, 5.74) is 0.526. The first kappa shape index (κ1) is 25.9. The fourth-order valence-electron chi connectivity index (χ4n) is 4.81. The molecule has 194 valence electrons. The van der Waals surface area contributed by atoms with Crippen molar-refractivity contribution >= 4 is 28.4 Å². The summed E-state index contributed by atoms with van der Waals surface area (Å²) in [6, 6.07) is 8.59. The molecule has 0 spiro atoms. The summed E-state index contributed by atoms with van der Waals surface area (Å²) in [6.45, 7) is 1.36. The molecule has 1 saturated carbocycles. The number of pyridine rings is 1. The number of hydrogen-bond acceptors (Lipinski definition) is 7. The molecule has 11 nitrogen and oxygen atoms in total. The van der Waals surface area contributed by atoms with E-state index in [9.17, 15) is 19.5 Å². The number of anilines is 1. The third kappa shape index (κ3) is 5.34. The van der Waals surface area contributed by atoms with Crippen LogP contribution < -0.4 is 15.6 Å². The number of aromatic nitrogens is 3. The van der Waals surface area contributed by atoms with Crippen LogP contribution in [0.2, 0.25) is 0 Å². The number of ether oxygens (including phenoxy) is 1. The van der Waals surface area contributed by atoms with Gasteiger partial charge < -0.3 is 20.1 Å². The third-order valence-corrected chi connectivity index (χ3v) is 6.89. The Labute approximate surface area is 213 Å². The van der Waals surface area contributed by atoms with E-state index < -0.39 is 17.6 Å². The predicted molar refractivity (Wildman–Crippen MR) is 136 cm³/mol. The maximum Gasteiger partial charge on any atom is 0.275 e. The van der Waals surface area contributed by atoms with Crippen molar-refractivity contribution in [3.8, 4) is 11.8 Å². The van der Waals surface area contributed by atoms with Gasteiger partial charge in [0.25, 0.3) is 17.4 Å². The van der Waals surface area contributed by atoms with Crippen molar-refractivity contribution in [3.05, 3.63) is 52.6 Å². The molecule has 4 rings (SSSR count). The SMILES string of the molecule is COc1cc2nn(C3CCC(N(C)C(=O)[C@@H](C)O)CC3)cc2cc1C(=O)Nc1cccn(CC#N)c1=O. The Balaban J connectivity index is 1.53. The molecule has 1 aromatic carbocycles. The molecule has 11 heteroatoms. The van der Waals surface area contributed by atoms with Crippen molar-refractivity contribution in [2.75, 3.05) is 19.5 Å². The molecule has 1 atom stereocenters. The molecular formula is C26H30N6O5. The smallest absolute Gasteiger partial charge is 0.275 e. The van der Waals surface area contributed by atoms with Crippen LogP contribution in [0.25, 0.3) is 10.9 Å². The minimum Gasteiger partial charge on any atom is -0.496 e. The van der Waals surface area contributed by atoms with Crippen molar-refractivity contribution in [1.82, 2.24) is 19.2 Å². The highest BCUT2D eigenvalue weighted by Crippen LogP contribution is 2.33. The monoisotopic (exact) mass is 506 g/mol. The first-order chi connectivity index (χ1) is 17.7. The molecule has 2 N–H and O–H groups in total. The molecule has 1 aliphatic carbocycles. The Morgan fingerprint density at radius 2 is 2.05 bits per heavy atom. The van der Waals surface area contributed by atoms with E-state index in [1.165, 1.54) is 30.9 Å². The summed E-state index contributed by atoms with van der Waals surface area (Å²) < 4.78 is 8.56. The molecular weight excluding hydrogens is 476 g/mol. The Hall–Kier alpha value is -4.17. The van der Waals surface area contributed by atoms with Crippen molar-refractivity contribution < 1.29 is 19.4 Å². The van der Waals surface area contributed by atoms with Gasteiger partial charge in [-0.2, -0.15) is 10.4 Å². The van der Waals surface area contributed by atoms with Gasteiger partial charge in [-0.15, -0.1) is 0 Å². The lowest BCUT2D eigenvalue weighted by Gasteiger charge is -2.35. The van der Waals surface area contributed by atoms with Crippen LogP contribution in [0.1, 0.15) is 49.0 Å². The van der Waals surface area contributed by atoms with E-state index in [0.717, 1.165) is 31.1 Å². The van der Waals surface area contributed by atoms with E-state index in [2.05, 4.69) is 5.32 Å². The molecule has 0 radical (unpaired) electrons. The number of aliphatic hydroxyl groups excluding tert-OH is 1. The fourth-order valence-corrected chi connectivity index (χ4v) is 4.81. The molecule has 1 aliphatic rings. The van der Waals surface area contributed by atoms with Gasteiger partial charge in [0.15, 0.2) is 0 Å². The highest BCUT2D eigenvalue weighted by atomic mass is 16.5. The molecule has 1 fully saturated rings. The standard InChI is InChI=1S/C26H30N6O5/c1-16(33)25(35)30(2)18-6-8-19(9-7-18)32-15-17-13-20(23(37-3)14-22(17)29-32)24(34)28-21-5-4-11-31(12-10-27)26(21)36/h4-5,11,13-16,18-19,33H,6-9,12H2,1-3H3,(H,28,34)/t16-,18?,19?/m1/s1. The average Bonchev–Trinajstić information content (AvgIpc) is 3.32. The number of aliphatic hydroxyl groups is 1. The van der Waals surface area contributed by atoms with E-state index in [1.807, 2.05) is 16.9 Å². The van der Waals surface area contributed by atoms with Gasteiger partial charge in [0.1, 0.15) is 24.1 Å². The number of carbonyl (C=O) groups excluding carboxylic acids is 2. The van der Waals surface area contributed by atoms with Crippen LogP contribution in [0.3, 0.4) is 0 Å². The second-order valence-corrected chi connectivity index (χ2v) is 9.28. The number of hydrogen-bond donors (Lipinski definition) is 2. The van der Waals surface area contributed by atoms with Crippen LogP contribution in [0.5, 0.6) is 5.75 Å². The van der Waals surface area contributed by atoms with Gasteiger partial charge in [-0.05, 0) is 50.8 Å². The van der Waals surface area contributed by atoms with Crippen LogP contribution in [0.15, 0.2) is 41.5 Å². The number of likely N-dealkylation sites (N-methyl/N-ethyl adjacent to an activating group) is 1. The summed E-state index contributed by atoms with van der Waals surface area (Å²) in [7, 11) is 3.19. The lowest BCUT2D eigenvalue weighted by molar-refractivity contribution is -0.140. The normalized spacial score (nSPS) is 18.1. The zero-order valence-electron chi connectivity index (χ0n) is 21.0. The van der Waals surface area contributed by atoms with Crippen LogP contribution in [0, 0.1) is 11.3 Å². The highest BCUT2D eigenvalue weighted by molar-refractivity contribution is 6.08. The van der Waals surface area contributed by atoms with E-state index >= 15 is 0 Å². The number of benzene rings is 1. The van der Waals surface area contributed by atoms with Gasteiger partial charge in [-0.3, -0.25) is 23.6 Å². The molecule has 2 aromatic heterocycles. The fraction of sp³-hybridized carbons (Fsp3) is 0.423. The highest BCUT2D eigenvalue weighted by Gasteiger charge is 2.29. The molecule has 37 heavy (non-hydrogen) atoms. The van der Waals surface area contributed by atoms with Crippen molar-refractivity contribution in [2.45, 2.75) is 57.3 Å². The van der Waals surface area contributed by atoms with Gasteiger partial charge in [-0.25, -0.2) is 0 Å². The lowest BCUT2D eigenvalue weighted by atomic mass is 9.90. The molecule has 2 heterocycles. The second kappa shape index (κ2) is 10.8. The van der Waals surface area contributed by atoms with Gasteiger partial charge in [0, 0.05) is 36.9 Å². The number of carbonyl (C=O) groups is 2. The molecule has 0 aliphatic heterocycles. The third-order valence-electron chi connectivity index (χ3n) is 6.89. The first-order valence-corrected chi connectivity index (χ1v) is 12.1. The number of nitrogens with zero attached hydrogens (tertiary/aromatic N) is 5. The maximum absolute atomic E-state index is 13.1. The topological polar surface area (TPSA) is 142 Å². The summed E-state index contributed by atoms with van der Waals surface area (Å²) in [5, 5.41) is 26.6. The van der Waals surface area contributed by atoms with Crippen LogP contribution in [-0.2, 0) is 11.3 Å². The second-order valence-electron chi connectivity index (χ2n) is 9.28. The Morgan fingerprint density at radius 3 is 2.70 bits per heavy atom. The molecule has 0 unspecified atom stereocenters. The van der Waals surface area contributed by atoms with Crippen molar-refractivity contribution in [3.63, 3.8) is 0 Å². The summed E-state index contributed by atoms with van der Waals surface area (Å²) in [5.74, 6) is -0.458. The quantitative estimate of drug-likeness (QED) is 0.501. The van der Waals surface area contributed by atoms with Crippen LogP contribution in [0.4, 0.5) is 5.69 Å². The predicted octanol–water partition coefficient (Wildman–Crippen LogP) is 2.31. The first-order valence-electron chi connectivity index (χ1n) is 12.1. The van der Waals surface area contributed by atoms with E-state index in [0.29, 0.717) is 11.3 Å². The van der Waals surface area contributed by atoms with Gasteiger partial charge in [-0.1, -0.05) is 0 Å². The van der Waals surface area contributed by atoms with E-state index in [4.69, 9.17) is 15.1 Å². The number of rotatable bonds is 7. The summed E-state index contributed by atoms with van der Waals surface area (Å²) in [4.78, 5) is 39.4. The zero-order chi connectivity index (χ0) is 26.7. The van der Waals surface area contributed by atoms with Crippen molar-refractivity contribution in [2.24, 2.45) is 0 Å². The van der Waals surface area contributed by atoms with Crippen LogP contribution >= 0.6 is 0 Å². The Morgan fingerprint density at radius 1 is 1.32 bits per heavy atom. The van der Waals surface area contributed by atoms with Crippen LogP contribution in [-0.4, -0.2) is 62.5 Å². The van der Waals surface area contributed by atoms with E-state index in [-0.39, 0.29) is 35.8 Å². The largest absolute Gasteiger partial charge is 0.496 e. The number of nitriles is 1. The summed E-state index contributed by atoms with van der Waals surface area (Å²) in [6.07, 6.45) is 5.61. The molecule has 2 amide bonds. The number of nitrogens with one attached hydrogen (secondary N) is 1. The molecule has 0 bridgehead atoms. The Kier molecular flexibility index (Phi) is 7.59. The number of fused-ring (bicyclic) bond motifs is 1. The average molecular weight is 507 g/mol. The minimum atomic E-state index is -1.01. The van der Waals surface area contributed by atoms with Gasteiger partial charge in [0.05, 0.1) is 30.3 Å². The molecule has 0 saturated heterocycles. The Bertz CT molecular complexity index is 1410. The van der Waals surface area contributed by atoms with E-state index in [1.54, 1.807) is 30.1 Å². The minimum absolute atomic E-state index is 0.0661. The zero-order valence-corrected chi connectivity index (χ0v) is 21.0.